The number of hydrogen-bond acceptors (Lipinski definition) is 4. The summed E-state index contributed by atoms with van der Waals surface area (Å²) in [6, 6.07) is 3.58. The molecule has 0 radical (unpaired) electrons. The highest BCUT2D eigenvalue weighted by atomic mass is 19.3. The molecule has 0 saturated heterocycles. The molecule has 1 aliphatic rings. The first-order chi connectivity index (χ1) is 8.33. The van der Waals surface area contributed by atoms with Gasteiger partial charge in [0.2, 0.25) is 6.23 Å². The zero-order chi connectivity index (χ0) is 13.5. The van der Waals surface area contributed by atoms with Crippen molar-refractivity contribution in [3.8, 4) is 5.75 Å². The van der Waals surface area contributed by atoms with Crippen molar-refractivity contribution in [2.75, 3.05) is 5.32 Å². The lowest BCUT2D eigenvalue weighted by atomic mass is 10.1. The van der Waals surface area contributed by atoms with Crippen molar-refractivity contribution in [2.24, 2.45) is 0 Å². The van der Waals surface area contributed by atoms with Crippen LogP contribution in [0.5, 0.6) is 5.75 Å². The molecule has 3 N–H and O–H groups in total. The minimum absolute atomic E-state index is 0.0920. The molecule has 100 valence electrons. The first-order valence-electron chi connectivity index (χ1n) is 4.93. The number of alkyl halides is 4. The van der Waals surface area contributed by atoms with Gasteiger partial charge in [0.1, 0.15) is 6.10 Å². The van der Waals surface area contributed by atoms with Gasteiger partial charge < -0.3 is 20.3 Å². The maximum absolute atomic E-state index is 13.1. The van der Waals surface area contributed by atoms with Crippen molar-refractivity contribution in [1.29, 1.82) is 0 Å². The van der Waals surface area contributed by atoms with Crippen molar-refractivity contribution < 1.29 is 32.5 Å². The molecule has 0 spiro atoms. The molecule has 1 aromatic rings. The van der Waals surface area contributed by atoms with Gasteiger partial charge in [-0.25, -0.2) is 8.78 Å². The van der Waals surface area contributed by atoms with Crippen LogP contribution in [0.25, 0.3) is 0 Å². The molecular formula is C10H9F4NO3. The molecule has 18 heavy (non-hydrogen) atoms. The van der Waals surface area contributed by atoms with Crippen molar-refractivity contribution in [3.63, 3.8) is 0 Å². The summed E-state index contributed by atoms with van der Waals surface area (Å²) < 4.78 is 55.2. The summed E-state index contributed by atoms with van der Waals surface area (Å²) in [6.07, 6.45) is -11.6. The summed E-state index contributed by atoms with van der Waals surface area (Å²) >= 11 is 0. The van der Waals surface area contributed by atoms with Crippen LogP contribution >= 0.6 is 0 Å². The number of benzene rings is 1. The maximum atomic E-state index is 13.1. The highest BCUT2D eigenvalue weighted by Gasteiger charge is 2.47. The van der Waals surface area contributed by atoms with Gasteiger partial charge >= 0.3 is 6.11 Å². The molecule has 1 aromatic carbocycles. The number of para-hydroxylation sites is 1. The molecule has 0 aliphatic carbocycles. The molecule has 0 bridgehead atoms. The predicted octanol–water partition coefficient (Wildman–Crippen LogP) is 1.70. The van der Waals surface area contributed by atoms with E-state index in [4.69, 9.17) is 5.11 Å². The first-order valence-corrected chi connectivity index (χ1v) is 4.93. The van der Waals surface area contributed by atoms with Crippen LogP contribution in [-0.4, -0.2) is 29.0 Å². The number of halogens is 4. The topological polar surface area (TPSA) is 61.7 Å². The van der Waals surface area contributed by atoms with Crippen molar-refractivity contribution >= 4 is 5.69 Å². The summed E-state index contributed by atoms with van der Waals surface area (Å²) in [4.78, 5) is 0. The van der Waals surface area contributed by atoms with Crippen LogP contribution in [0.2, 0.25) is 0 Å². The van der Waals surface area contributed by atoms with Gasteiger partial charge in [0.15, 0.2) is 5.75 Å². The van der Waals surface area contributed by atoms with Crippen LogP contribution in [0.4, 0.5) is 23.2 Å². The first kappa shape index (κ1) is 12.9. The summed E-state index contributed by atoms with van der Waals surface area (Å²) in [5, 5.41) is 20.3. The number of nitrogens with one attached hydrogen (secondary N) is 1. The standard InChI is InChI=1S/C10H9F4NO3/c11-8(12)6(16)4-2-1-3-5-7(4)18-10(13,14)9(17)15-5/h1-3,6,8-9,15-17H. The van der Waals surface area contributed by atoms with E-state index in [-0.39, 0.29) is 5.69 Å². The summed E-state index contributed by atoms with van der Waals surface area (Å²) in [7, 11) is 0. The normalized spacial score (nSPS) is 22.9. The number of fused-ring (bicyclic) bond motifs is 1. The SMILES string of the molecule is OC(c1cccc2c1OC(F)(F)C(O)N2)C(F)F. The molecule has 0 aromatic heterocycles. The molecule has 1 aliphatic heterocycles. The highest BCUT2D eigenvalue weighted by Crippen LogP contribution is 2.42. The molecule has 8 heteroatoms. The molecule has 2 rings (SSSR count). The van der Waals surface area contributed by atoms with Crippen LogP contribution in [0.3, 0.4) is 0 Å². The number of hydrogen-bond donors (Lipinski definition) is 3. The third-order valence-electron chi connectivity index (χ3n) is 2.45. The van der Waals surface area contributed by atoms with E-state index < -0.39 is 36.2 Å². The second-order valence-corrected chi connectivity index (χ2v) is 3.71. The molecule has 4 nitrogen and oxygen atoms in total. The summed E-state index contributed by atoms with van der Waals surface area (Å²) in [5.41, 5.74) is -0.563. The van der Waals surface area contributed by atoms with Gasteiger partial charge in [0, 0.05) is 5.56 Å². The van der Waals surface area contributed by atoms with Gasteiger partial charge in [-0.05, 0) is 6.07 Å². The van der Waals surface area contributed by atoms with Crippen LogP contribution in [0.1, 0.15) is 11.7 Å². The number of aliphatic hydroxyl groups excluding tert-OH is 2. The fourth-order valence-electron chi connectivity index (χ4n) is 1.57. The Morgan fingerprint density at radius 3 is 2.61 bits per heavy atom. The van der Waals surface area contributed by atoms with E-state index in [1.165, 1.54) is 12.1 Å². The van der Waals surface area contributed by atoms with E-state index in [1.807, 2.05) is 5.32 Å². The monoisotopic (exact) mass is 267 g/mol. The summed E-state index contributed by atoms with van der Waals surface area (Å²) in [6.45, 7) is 0. The zero-order valence-corrected chi connectivity index (χ0v) is 8.78. The fourth-order valence-corrected chi connectivity index (χ4v) is 1.57. The Morgan fingerprint density at radius 2 is 2.00 bits per heavy atom. The van der Waals surface area contributed by atoms with Crippen LogP contribution in [0.15, 0.2) is 18.2 Å². The van der Waals surface area contributed by atoms with Gasteiger partial charge in [-0.1, -0.05) is 12.1 Å². The van der Waals surface area contributed by atoms with Gasteiger partial charge in [-0.15, -0.1) is 0 Å². The van der Waals surface area contributed by atoms with E-state index in [2.05, 4.69) is 4.74 Å². The van der Waals surface area contributed by atoms with E-state index in [0.29, 0.717) is 0 Å². The van der Waals surface area contributed by atoms with Gasteiger partial charge in [0.25, 0.3) is 6.43 Å². The Kier molecular flexibility index (Phi) is 3.07. The second kappa shape index (κ2) is 4.29. The Hall–Kier alpha value is -1.54. The molecule has 0 saturated carbocycles. The van der Waals surface area contributed by atoms with Gasteiger partial charge in [-0.3, -0.25) is 0 Å². The lowest BCUT2D eigenvalue weighted by Crippen LogP contribution is -2.47. The third-order valence-corrected chi connectivity index (χ3v) is 2.45. The van der Waals surface area contributed by atoms with E-state index in [0.717, 1.165) is 6.07 Å². The van der Waals surface area contributed by atoms with E-state index in [1.54, 1.807) is 0 Å². The highest BCUT2D eigenvalue weighted by molar-refractivity contribution is 5.62. The van der Waals surface area contributed by atoms with E-state index >= 15 is 0 Å². The Balaban J connectivity index is 2.45. The van der Waals surface area contributed by atoms with Crippen molar-refractivity contribution in [3.05, 3.63) is 23.8 Å². The lowest BCUT2D eigenvalue weighted by molar-refractivity contribution is -0.236. The van der Waals surface area contributed by atoms with Crippen molar-refractivity contribution in [2.45, 2.75) is 24.9 Å². The fraction of sp³-hybridized carbons (Fsp3) is 0.400. The third kappa shape index (κ3) is 2.08. The van der Waals surface area contributed by atoms with E-state index in [9.17, 15) is 22.7 Å². The molecule has 2 atom stereocenters. The summed E-state index contributed by atoms with van der Waals surface area (Å²) in [5.74, 6) is -0.597. The van der Waals surface area contributed by atoms with Crippen LogP contribution in [-0.2, 0) is 0 Å². The number of aliphatic hydroxyl groups is 2. The average molecular weight is 267 g/mol. The smallest absolute Gasteiger partial charge is 0.427 e. The molecule has 0 amide bonds. The largest absolute Gasteiger partial charge is 0.444 e. The van der Waals surface area contributed by atoms with Crippen molar-refractivity contribution in [1.82, 2.24) is 0 Å². The quantitative estimate of drug-likeness (QED) is 0.714. The van der Waals surface area contributed by atoms with Gasteiger partial charge in [0.05, 0.1) is 5.69 Å². The average Bonchev–Trinajstić information content (AvgIpc) is 2.28. The second-order valence-electron chi connectivity index (χ2n) is 3.71. The van der Waals surface area contributed by atoms with Crippen LogP contribution < -0.4 is 10.1 Å². The number of rotatable bonds is 2. The molecule has 1 heterocycles. The minimum atomic E-state index is -3.97. The zero-order valence-electron chi connectivity index (χ0n) is 8.78. The molecular weight excluding hydrogens is 258 g/mol. The molecule has 2 unspecified atom stereocenters. The maximum Gasteiger partial charge on any atom is 0.444 e. The van der Waals surface area contributed by atoms with Crippen LogP contribution in [0, 0.1) is 0 Å². The Morgan fingerprint density at radius 1 is 1.33 bits per heavy atom. The predicted molar refractivity (Wildman–Crippen MR) is 52.6 cm³/mol. The van der Waals surface area contributed by atoms with Gasteiger partial charge in [-0.2, -0.15) is 8.78 Å². The number of anilines is 1. The Labute approximate surface area is 98.8 Å². The minimum Gasteiger partial charge on any atom is -0.427 e. The molecule has 0 fully saturated rings. The Bertz CT molecular complexity index is 455. The number of ether oxygens (including phenoxy) is 1. The lowest BCUT2D eigenvalue weighted by Gasteiger charge is -2.32.